The molecule has 0 heterocycles. The third-order valence-electron chi connectivity index (χ3n) is 5.86. The zero-order valence-corrected chi connectivity index (χ0v) is 22.8. The van der Waals surface area contributed by atoms with Crippen molar-refractivity contribution in [2.45, 2.75) is 45.7 Å². The maximum absolute atomic E-state index is 13.6. The van der Waals surface area contributed by atoms with Crippen LogP contribution in [0.3, 0.4) is 0 Å². The summed E-state index contributed by atoms with van der Waals surface area (Å²) in [6.07, 6.45) is 1.15. The summed E-state index contributed by atoms with van der Waals surface area (Å²) in [5.74, 6) is 0.723. The number of benzene rings is 3. The lowest BCUT2D eigenvalue weighted by Crippen LogP contribution is -2.51. The highest BCUT2D eigenvalue weighted by molar-refractivity contribution is 6.35. The van der Waals surface area contributed by atoms with Gasteiger partial charge in [0.1, 0.15) is 11.8 Å². The third-order valence-corrected chi connectivity index (χ3v) is 6.45. The van der Waals surface area contributed by atoms with E-state index in [4.69, 9.17) is 27.9 Å². The summed E-state index contributed by atoms with van der Waals surface area (Å²) in [6.45, 7) is 5.19. The summed E-state index contributed by atoms with van der Waals surface area (Å²) in [6, 6.07) is 23.7. The zero-order valence-electron chi connectivity index (χ0n) is 21.3. The SMILES string of the molecule is CC(C)CNC(=O)[C@H](Cc1ccccc1)N(Cc1ccc(Cl)cc1Cl)C(=O)CCCOc1ccccc1. The van der Waals surface area contributed by atoms with E-state index in [1.807, 2.05) is 74.5 Å². The number of nitrogens with zero attached hydrogens (tertiary/aromatic N) is 1. The Hall–Kier alpha value is -3.02. The zero-order chi connectivity index (χ0) is 26.6. The lowest BCUT2D eigenvalue weighted by molar-refractivity contribution is -0.141. The largest absolute Gasteiger partial charge is 0.494 e. The van der Waals surface area contributed by atoms with Crippen LogP contribution in [0.25, 0.3) is 0 Å². The van der Waals surface area contributed by atoms with Crippen LogP contribution in [0.5, 0.6) is 5.75 Å². The summed E-state index contributed by atoms with van der Waals surface area (Å²) in [7, 11) is 0. The second kappa shape index (κ2) is 14.7. The summed E-state index contributed by atoms with van der Waals surface area (Å²) in [5.41, 5.74) is 1.70. The number of nitrogens with one attached hydrogen (secondary N) is 1. The van der Waals surface area contributed by atoms with Gasteiger partial charge in [0.15, 0.2) is 0 Å². The molecule has 0 saturated carbocycles. The van der Waals surface area contributed by atoms with Gasteiger partial charge in [0.2, 0.25) is 11.8 Å². The van der Waals surface area contributed by atoms with Crippen LogP contribution < -0.4 is 10.1 Å². The minimum absolute atomic E-state index is 0.136. The molecule has 7 heteroatoms. The van der Waals surface area contributed by atoms with Gasteiger partial charge in [-0.05, 0) is 47.7 Å². The fraction of sp³-hybridized carbons (Fsp3) is 0.333. The molecule has 5 nitrogen and oxygen atoms in total. The van der Waals surface area contributed by atoms with Gasteiger partial charge in [-0.2, -0.15) is 0 Å². The van der Waals surface area contributed by atoms with E-state index in [1.165, 1.54) is 0 Å². The molecule has 3 rings (SSSR count). The number of carbonyl (C=O) groups is 2. The Morgan fingerprint density at radius 3 is 2.27 bits per heavy atom. The molecule has 0 unspecified atom stereocenters. The monoisotopic (exact) mass is 540 g/mol. The Kier molecular flexibility index (Phi) is 11.3. The van der Waals surface area contributed by atoms with Crippen LogP contribution in [-0.4, -0.2) is 35.9 Å². The molecule has 196 valence electrons. The predicted octanol–water partition coefficient (Wildman–Crippen LogP) is 6.56. The molecule has 1 atom stereocenters. The number of halogens is 2. The van der Waals surface area contributed by atoms with E-state index >= 15 is 0 Å². The molecule has 0 fully saturated rings. The van der Waals surface area contributed by atoms with Gasteiger partial charge in [0.05, 0.1) is 6.61 Å². The average molecular weight is 542 g/mol. The third kappa shape index (κ3) is 9.42. The highest BCUT2D eigenvalue weighted by atomic mass is 35.5. The molecule has 0 aromatic heterocycles. The van der Waals surface area contributed by atoms with E-state index in [0.717, 1.165) is 16.9 Å². The van der Waals surface area contributed by atoms with Crippen molar-refractivity contribution in [3.63, 3.8) is 0 Å². The number of para-hydroxylation sites is 1. The Morgan fingerprint density at radius 1 is 0.946 bits per heavy atom. The van der Waals surface area contributed by atoms with E-state index in [-0.39, 0.29) is 30.7 Å². The lowest BCUT2D eigenvalue weighted by atomic mass is 10.0. The van der Waals surface area contributed by atoms with Crippen molar-refractivity contribution in [2.75, 3.05) is 13.2 Å². The van der Waals surface area contributed by atoms with Crippen molar-refractivity contribution in [1.82, 2.24) is 10.2 Å². The van der Waals surface area contributed by atoms with E-state index < -0.39 is 6.04 Å². The van der Waals surface area contributed by atoms with Gasteiger partial charge in [-0.3, -0.25) is 9.59 Å². The van der Waals surface area contributed by atoms with Crippen LogP contribution in [0.2, 0.25) is 10.0 Å². The van der Waals surface area contributed by atoms with Gasteiger partial charge in [0, 0.05) is 36.0 Å². The number of hydrogen-bond donors (Lipinski definition) is 1. The Balaban J connectivity index is 1.82. The Bertz CT molecular complexity index is 1140. The van der Waals surface area contributed by atoms with Gasteiger partial charge < -0.3 is 15.0 Å². The Morgan fingerprint density at radius 2 is 1.62 bits per heavy atom. The molecule has 3 aromatic rings. The number of carbonyl (C=O) groups excluding carboxylic acids is 2. The van der Waals surface area contributed by atoms with Crippen LogP contribution >= 0.6 is 23.2 Å². The molecule has 0 aliphatic heterocycles. The molecule has 0 radical (unpaired) electrons. The maximum Gasteiger partial charge on any atom is 0.243 e. The second-order valence-electron chi connectivity index (χ2n) is 9.37. The van der Waals surface area contributed by atoms with Crippen molar-refractivity contribution in [3.8, 4) is 5.75 Å². The summed E-state index contributed by atoms with van der Waals surface area (Å²) in [4.78, 5) is 28.7. The first-order chi connectivity index (χ1) is 17.8. The molecule has 1 N–H and O–H groups in total. The predicted molar refractivity (Wildman–Crippen MR) is 150 cm³/mol. The van der Waals surface area contributed by atoms with Crippen LogP contribution in [0.4, 0.5) is 0 Å². The highest BCUT2D eigenvalue weighted by Crippen LogP contribution is 2.24. The van der Waals surface area contributed by atoms with Crippen molar-refractivity contribution in [1.29, 1.82) is 0 Å². The quantitative estimate of drug-likeness (QED) is 0.249. The van der Waals surface area contributed by atoms with Gasteiger partial charge in [0.25, 0.3) is 0 Å². The average Bonchev–Trinajstić information content (AvgIpc) is 2.89. The van der Waals surface area contributed by atoms with Gasteiger partial charge >= 0.3 is 0 Å². The summed E-state index contributed by atoms with van der Waals surface area (Å²) < 4.78 is 5.77. The highest BCUT2D eigenvalue weighted by Gasteiger charge is 2.30. The van der Waals surface area contributed by atoms with Gasteiger partial charge in [-0.1, -0.05) is 91.6 Å². The molecule has 37 heavy (non-hydrogen) atoms. The fourth-order valence-corrected chi connectivity index (χ4v) is 4.35. The molecular weight excluding hydrogens is 507 g/mol. The standard InChI is InChI=1S/C30H34Cl2N2O3/c1-22(2)20-33-30(36)28(18-23-10-5-3-6-11-23)34(21-24-15-16-25(31)19-27(24)32)29(35)14-9-17-37-26-12-7-4-8-13-26/h3-8,10-13,15-16,19,22,28H,9,14,17-18,20-21H2,1-2H3,(H,33,36)/t28-/m0/s1. The Labute approximate surface area is 229 Å². The normalized spacial score (nSPS) is 11.7. The van der Waals surface area contributed by atoms with Gasteiger partial charge in [-0.15, -0.1) is 0 Å². The number of rotatable bonds is 13. The first-order valence-corrected chi connectivity index (χ1v) is 13.3. The van der Waals surface area contributed by atoms with Crippen molar-refractivity contribution >= 4 is 35.0 Å². The fourth-order valence-electron chi connectivity index (χ4n) is 3.88. The molecule has 3 aromatic carbocycles. The van der Waals surface area contributed by atoms with Crippen LogP contribution in [0, 0.1) is 5.92 Å². The maximum atomic E-state index is 13.6. The van der Waals surface area contributed by atoms with E-state index in [1.54, 1.807) is 23.1 Å². The first-order valence-electron chi connectivity index (χ1n) is 12.6. The topological polar surface area (TPSA) is 58.6 Å². The number of ether oxygens (including phenoxy) is 1. The van der Waals surface area contributed by atoms with Crippen molar-refractivity contribution < 1.29 is 14.3 Å². The molecule has 0 spiro atoms. The van der Waals surface area contributed by atoms with Gasteiger partial charge in [-0.25, -0.2) is 0 Å². The van der Waals surface area contributed by atoms with E-state index in [2.05, 4.69) is 5.32 Å². The first kappa shape index (κ1) is 28.5. The number of amides is 2. The summed E-state index contributed by atoms with van der Waals surface area (Å²) >= 11 is 12.6. The number of hydrogen-bond acceptors (Lipinski definition) is 3. The van der Waals surface area contributed by atoms with Crippen LogP contribution in [-0.2, 0) is 22.6 Å². The van der Waals surface area contributed by atoms with E-state index in [9.17, 15) is 9.59 Å². The minimum atomic E-state index is -0.699. The summed E-state index contributed by atoms with van der Waals surface area (Å²) in [5, 5.41) is 4.00. The second-order valence-corrected chi connectivity index (χ2v) is 10.2. The molecule has 0 saturated heterocycles. The van der Waals surface area contributed by atoms with Crippen LogP contribution in [0.1, 0.15) is 37.8 Å². The molecule has 0 aliphatic carbocycles. The minimum Gasteiger partial charge on any atom is -0.494 e. The van der Waals surface area contributed by atoms with Crippen molar-refractivity contribution in [2.24, 2.45) is 5.92 Å². The molecule has 0 aliphatic rings. The van der Waals surface area contributed by atoms with E-state index in [0.29, 0.717) is 36.0 Å². The molecule has 0 bridgehead atoms. The molecule has 2 amide bonds. The molecular formula is C30H34Cl2N2O3. The lowest BCUT2D eigenvalue weighted by Gasteiger charge is -2.32. The smallest absolute Gasteiger partial charge is 0.243 e. The van der Waals surface area contributed by atoms with Crippen molar-refractivity contribution in [3.05, 3.63) is 100 Å². The van der Waals surface area contributed by atoms with Crippen LogP contribution in [0.15, 0.2) is 78.9 Å².